The minimum atomic E-state index is -3.13. The summed E-state index contributed by atoms with van der Waals surface area (Å²) in [4.78, 5) is 0. The van der Waals surface area contributed by atoms with Crippen LogP contribution in [0.3, 0.4) is 0 Å². The first-order chi connectivity index (χ1) is 8.86. The lowest BCUT2D eigenvalue weighted by atomic mass is 9.87. The fourth-order valence-electron chi connectivity index (χ4n) is 2.93. The van der Waals surface area contributed by atoms with E-state index in [1.54, 1.807) is 11.2 Å². The van der Waals surface area contributed by atoms with Crippen LogP contribution in [0.1, 0.15) is 43.5 Å². The summed E-state index contributed by atoms with van der Waals surface area (Å²) < 4.78 is 26.2. The van der Waals surface area contributed by atoms with Crippen LogP contribution in [0.2, 0.25) is 0 Å². The topological polar surface area (TPSA) is 37.4 Å². The first kappa shape index (κ1) is 14.5. The molecule has 0 bridgehead atoms. The molecular formula is C15H23NO2S. The second-order valence-corrected chi connectivity index (χ2v) is 7.86. The summed E-state index contributed by atoms with van der Waals surface area (Å²) in [5.74, 6) is 0.459. The highest BCUT2D eigenvalue weighted by Crippen LogP contribution is 2.37. The van der Waals surface area contributed by atoms with Gasteiger partial charge in [0.25, 0.3) is 0 Å². The van der Waals surface area contributed by atoms with E-state index in [0.29, 0.717) is 6.54 Å². The third-order valence-corrected chi connectivity index (χ3v) is 5.74. The Labute approximate surface area is 116 Å². The van der Waals surface area contributed by atoms with E-state index in [9.17, 15) is 8.42 Å². The summed E-state index contributed by atoms with van der Waals surface area (Å²) in [6.07, 6.45) is 0.819. The molecule has 0 aromatic heterocycles. The lowest BCUT2D eigenvalue weighted by molar-refractivity contribution is 0.248. The summed E-state index contributed by atoms with van der Waals surface area (Å²) >= 11 is 0. The highest BCUT2D eigenvalue weighted by Gasteiger charge is 2.36. The highest BCUT2D eigenvalue weighted by atomic mass is 32.2. The molecular weight excluding hydrogens is 258 g/mol. The van der Waals surface area contributed by atoms with Crippen molar-refractivity contribution >= 4 is 10.0 Å². The summed E-state index contributed by atoms with van der Waals surface area (Å²) in [5, 5.41) is 0. The zero-order valence-electron chi connectivity index (χ0n) is 12.2. The molecule has 0 saturated carbocycles. The fraction of sp³-hybridized carbons (Fsp3) is 0.600. The van der Waals surface area contributed by atoms with Crippen LogP contribution >= 0.6 is 0 Å². The average molecular weight is 281 g/mol. The van der Waals surface area contributed by atoms with E-state index in [1.807, 2.05) is 0 Å². The number of hydrogen-bond acceptors (Lipinski definition) is 2. The first-order valence-corrected chi connectivity index (χ1v) is 8.56. The molecule has 3 nitrogen and oxygen atoms in total. The summed E-state index contributed by atoms with van der Waals surface area (Å²) in [6, 6.07) is 6.36. The van der Waals surface area contributed by atoms with Crippen molar-refractivity contribution in [3.05, 3.63) is 34.9 Å². The molecule has 4 heteroatoms. The van der Waals surface area contributed by atoms with Crippen LogP contribution in [0.25, 0.3) is 0 Å². The summed E-state index contributed by atoms with van der Waals surface area (Å²) in [7, 11) is -3.13. The Kier molecular flexibility index (Phi) is 4.02. The lowest BCUT2D eigenvalue weighted by Crippen LogP contribution is -2.42. The molecule has 19 heavy (non-hydrogen) atoms. The molecule has 1 aliphatic rings. The maximum absolute atomic E-state index is 12.3. The summed E-state index contributed by atoms with van der Waals surface area (Å²) in [6.45, 7) is 8.60. The number of benzene rings is 1. The number of sulfonamides is 1. The van der Waals surface area contributed by atoms with Gasteiger partial charge in [-0.1, -0.05) is 37.6 Å². The van der Waals surface area contributed by atoms with Crippen LogP contribution < -0.4 is 0 Å². The Balaban J connectivity index is 2.51. The van der Waals surface area contributed by atoms with E-state index in [0.717, 1.165) is 6.42 Å². The van der Waals surface area contributed by atoms with Crippen molar-refractivity contribution < 1.29 is 8.42 Å². The monoisotopic (exact) mass is 281 g/mol. The van der Waals surface area contributed by atoms with Gasteiger partial charge < -0.3 is 0 Å². The van der Waals surface area contributed by atoms with Gasteiger partial charge in [-0.3, -0.25) is 0 Å². The molecule has 1 aromatic carbocycles. The molecule has 1 unspecified atom stereocenters. The molecule has 0 radical (unpaired) electrons. The molecule has 0 amide bonds. The van der Waals surface area contributed by atoms with Crippen molar-refractivity contribution in [3.8, 4) is 0 Å². The smallest absolute Gasteiger partial charge is 0.212 e. The minimum Gasteiger partial charge on any atom is -0.212 e. The van der Waals surface area contributed by atoms with Gasteiger partial charge in [0.1, 0.15) is 0 Å². The third-order valence-electron chi connectivity index (χ3n) is 3.88. The van der Waals surface area contributed by atoms with Crippen molar-refractivity contribution in [1.82, 2.24) is 4.31 Å². The SMILES string of the molecule is CCS(=O)(=O)N1CCc2cc(C)ccc2C1C(C)C. The second-order valence-electron chi connectivity index (χ2n) is 5.65. The van der Waals surface area contributed by atoms with Gasteiger partial charge in [-0.15, -0.1) is 0 Å². The molecule has 106 valence electrons. The van der Waals surface area contributed by atoms with Gasteiger partial charge in [0, 0.05) is 6.54 Å². The Morgan fingerprint density at radius 2 is 2.05 bits per heavy atom. The van der Waals surface area contributed by atoms with E-state index in [-0.39, 0.29) is 17.7 Å². The lowest BCUT2D eigenvalue weighted by Gasteiger charge is -2.38. The predicted octanol–water partition coefficient (Wildman–Crippen LogP) is 2.90. The number of nitrogens with zero attached hydrogens (tertiary/aromatic N) is 1. The fourth-order valence-corrected chi connectivity index (χ4v) is 4.34. The number of aryl methyl sites for hydroxylation is 1. The van der Waals surface area contributed by atoms with Gasteiger partial charge in [0.15, 0.2) is 0 Å². The van der Waals surface area contributed by atoms with Crippen LogP contribution in [0.5, 0.6) is 0 Å². The molecule has 0 N–H and O–H groups in total. The summed E-state index contributed by atoms with van der Waals surface area (Å²) in [5.41, 5.74) is 3.73. The van der Waals surface area contributed by atoms with Gasteiger partial charge >= 0.3 is 0 Å². The van der Waals surface area contributed by atoms with Crippen LogP contribution in [-0.2, 0) is 16.4 Å². The molecule has 0 spiro atoms. The zero-order valence-corrected chi connectivity index (χ0v) is 13.0. The maximum Gasteiger partial charge on any atom is 0.214 e. The van der Waals surface area contributed by atoms with Crippen molar-refractivity contribution in [1.29, 1.82) is 0 Å². The molecule has 1 aliphatic heterocycles. The van der Waals surface area contributed by atoms with Crippen LogP contribution in [0.4, 0.5) is 0 Å². The number of hydrogen-bond donors (Lipinski definition) is 0. The molecule has 1 aromatic rings. The van der Waals surface area contributed by atoms with E-state index >= 15 is 0 Å². The number of rotatable bonds is 3. The van der Waals surface area contributed by atoms with Gasteiger partial charge in [-0.25, -0.2) is 8.42 Å². The van der Waals surface area contributed by atoms with Gasteiger partial charge in [0.2, 0.25) is 10.0 Å². The molecule has 0 aliphatic carbocycles. The zero-order chi connectivity index (χ0) is 14.2. The Hall–Kier alpha value is -0.870. The third kappa shape index (κ3) is 2.70. The predicted molar refractivity (Wildman–Crippen MR) is 78.6 cm³/mol. The molecule has 1 heterocycles. The molecule has 0 saturated heterocycles. The van der Waals surface area contributed by atoms with Crippen LogP contribution in [0, 0.1) is 12.8 Å². The maximum atomic E-state index is 12.3. The van der Waals surface area contributed by atoms with E-state index in [4.69, 9.17) is 0 Å². The Morgan fingerprint density at radius 1 is 1.37 bits per heavy atom. The van der Waals surface area contributed by atoms with Gasteiger partial charge in [-0.2, -0.15) is 4.31 Å². The molecule has 2 rings (SSSR count). The van der Waals surface area contributed by atoms with Crippen LogP contribution in [-0.4, -0.2) is 25.0 Å². The van der Waals surface area contributed by atoms with Crippen molar-refractivity contribution in [2.45, 2.75) is 40.2 Å². The van der Waals surface area contributed by atoms with Crippen LogP contribution in [0.15, 0.2) is 18.2 Å². The second kappa shape index (κ2) is 5.25. The Bertz CT molecular complexity index is 564. The molecule has 1 atom stereocenters. The Morgan fingerprint density at radius 3 is 2.63 bits per heavy atom. The number of fused-ring (bicyclic) bond motifs is 1. The normalized spacial score (nSPS) is 20.6. The van der Waals surface area contributed by atoms with Crippen molar-refractivity contribution in [2.24, 2.45) is 5.92 Å². The standard InChI is InChI=1S/C15H23NO2S/c1-5-19(17,18)16-9-8-13-10-12(4)6-7-14(13)15(16)11(2)3/h6-7,10-11,15H,5,8-9H2,1-4H3. The van der Waals surface area contributed by atoms with Crippen molar-refractivity contribution in [2.75, 3.05) is 12.3 Å². The quantitative estimate of drug-likeness (QED) is 0.854. The molecule has 0 fully saturated rings. The van der Waals surface area contributed by atoms with Gasteiger partial charge in [-0.05, 0) is 37.3 Å². The van der Waals surface area contributed by atoms with E-state index in [1.165, 1.54) is 16.7 Å². The van der Waals surface area contributed by atoms with Gasteiger partial charge in [0.05, 0.1) is 11.8 Å². The largest absolute Gasteiger partial charge is 0.214 e. The minimum absolute atomic E-state index is 0.0192. The van der Waals surface area contributed by atoms with E-state index < -0.39 is 10.0 Å². The first-order valence-electron chi connectivity index (χ1n) is 6.95. The van der Waals surface area contributed by atoms with E-state index in [2.05, 4.69) is 39.0 Å². The average Bonchev–Trinajstić information content (AvgIpc) is 2.36. The highest BCUT2D eigenvalue weighted by molar-refractivity contribution is 7.89. The van der Waals surface area contributed by atoms with Crippen molar-refractivity contribution in [3.63, 3.8) is 0 Å².